The first-order valence-corrected chi connectivity index (χ1v) is 6.97. The number of methoxy groups -OCH3 is 1. The summed E-state index contributed by atoms with van der Waals surface area (Å²) in [6, 6.07) is 8.52. The monoisotopic (exact) mass is 270 g/mol. The van der Waals surface area contributed by atoms with Crippen molar-refractivity contribution in [3.8, 4) is 5.75 Å². The minimum atomic E-state index is 0.702. The predicted molar refractivity (Wildman–Crippen MR) is 83.4 cm³/mol. The molecular formula is C17H22N2O. The van der Waals surface area contributed by atoms with E-state index < -0.39 is 0 Å². The molecule has 1 aromatic carbocycles. The van der Waals surface area contributed by atoms with Gasteiger partial charge in [-0.1, -0.05) is 19.1 Å². The predicted octanol–water partition coefficient (Wildman–Crippen LogP) is 3.88. The first-order chi connectivity index (χ1) is 9.65. The van der Waals surface area contributed by atoms with Crippen molar-refractivity contribution >= 4 is 5.69 Å². The summed E-state index contributed by atoms with van der Waals surface area (Å²) in [5.41, 5.74) is 5.66. The number of aryl methyl sites for hydroxylation is 2. The standard InChI is InChI=1S/C17H22N2O/c1-5-14-6-8-15(9-7-14)18-11-16-13(3)17(20-4)12(2)10-19-16/h6-10,18H,5,11H2,1-4H3. The molecule has 0 radical (unpaired) electrons. The van der Waals surface area contributed by atoms with Gasteiger partial charge in [0.2, 0.25) is 0 Å². The van der Waals surface area contributed by atoms with E-state index in [1.165, 1.54) is 5.56 Å². The number of hydrogen-bond donors (Lipinski definition) is 1. The summed E-state index contributed by atoms with van der Waals surface area (Å²) < 4.78 is 5.43. The number of anilines is 1. The van der Waals surface area contributed by atoms with Gasteiger partial charge in [-0.25, -0.2) is 0 Å². The molecule has 3 heteroatoms. The number of hydrogen-bond acceptors (Lipinski definition) is 3. The normalized spacial score (nSPS) is 10.4. The molecule has 0 unspecified atom stereocenters. The van der Waals surface area contributed by atoms with Gasteiger partial charge in [-0.15, -0.1) is 0 Å². The largest absolute Gasteiger partial charge is 0.496 e. The van der Waals surface area contributed by atoms with Crippen molar-refractivity contribution in [2.24, 2.45) is 0 Å². The molecule has 0 fully saturated rings. The Bertz CT molecular complexity index is 576. The molecule has 0 aliphatic rings. The van der Waals surface area contributed by atoms with E-state index >= 15 is 0 Å². The zero-order valence-corrected chi connectivity index (χ0v) is 12.7. The molecule has 1 aromatic heterocycles. The van der Waals surface area contributed by atoms with Crippen LogP contribution in [0.5, 0.6) is 5.75 Å². The Balaban J connectivity index is 2.10. The van der Waals surface area contributed by atoms with Crippen LogP contribution in [0.15, 0.2) is 30.5 Å². The van der Waals surface area contributed by atoms with Crippen LogP contribution in [0.1, 0.15) is 29.3 Å². The number of rotatable bonds is 5. The van der Waals surface area contributed by atoms with Crippen LogP contribution in [-0.4, -0.2) is 12.1 Å². The van der Waals surface area contributed by atoms with E-state index in [-0.39, 0.29) is 0 Å². The Morgan fingerprint density at radius 2 is 1.85 bits per heavy atom. The van der Waals surface area contributed by atoms with Gasteiger partial charge < -0.3 is 10.1 Å². The van der Waals surface area contributed by atoms with Crippen LogP contribution in [0.3, 0.4) is 0 Å². The van der Waals surface area contributed by atoms with E-state index in [0.29, 0.717) is 6.54 Å². The fraction of sp³-hybridized carbons (Fsp3) is 0.353. The summed E-state index contributed by atoms with van der Waals surface area (Å²) in [7, 11) is 1.70. The SMILES string of the molecule is CCc1ccc(NCc2ncc(C)c(OC)c2C)cc1. The topological polar surface area (TPSA) is 34.2 Å². The first-order valence-electron chi connectivity index (χ1n) is 6.97. The van der Waals surface area contributed by atoms with Crippen molar-refractivity contribution in [3.63, 3.8) is 0 Å². The Hall–Kier alpha value is -2.03. The molecule has 0 saturated heterocycles. The lowest BCUT2D eigenvalue weighted by Crippen LogP contribution is -2.06. The highest BCUT2D eigenvalue weighted by molar-refractivity contribution is 5.47. The van der Waals surface area contributed by atoms with Crippen LogP contribution in [0.25, 0.3) is 0 Å². The van der Waals surface area contributed by atoms with Crippen molar-refractivity contribution in [2.75, 3.05) is 12.4 Å². The molecule has 0 bridgehead atoms. The number of nitrogens with zero attached hydrogens (tertiary/aromatic N) is 1. The highest BCUT2D eigenvalue weighted by Crippen LogP contribution is 2.24. The number of ether oxygens (including phenoxy) is 1. The minimum Gasteiger partial charge on any atom is -0.496 e. The van der Waals surface area contributed by atoms with Crippen LogP contribution in [-0.2, 0) is 13.0 Å². The van der Waals surface area contributed by atoms with Gasteiger partial charge in [0.15, 0.2) is 0 Å². The summed E-state index contributed by atoms with van der Waals surface area (Å²) in [6.07, 6.45) is 2.93. The molecule has 0 aliphatic heterocycles. The molecule has 0 aliphatic carbocycles. The second-order valence-corrected chi connectivity index (χ2v) is 4.95. The fourth-order valence-corrected chi connectivity index (χ4v) is 2.29. The third kappa shape index (κ3) is 3.10. The van der Waals surface area contributed by atoms with E-state index in [2.05, 4.69) is 48.4 Å². The highest BCUT2D eigenvalue weighted by atomic mass is 16.5. The van der Waals surface area contributed by atoms with Crippen molar-refractivity contribution in [1.29, 1.82) is 0 Å². The van der Waals surface area contributed by atoms with Crippen molar-refractivity contribution in [2.45, 2.75) is 33.7 Å². The summed E-state index contributed by atoms with van der Waals surface area (Å²) in [5, 5.41) is 3.41. The summed E-state index contributed by atoms with van der Waals surface area (Å²) in [5.74, 6) is 0.929. The molecule has 2 rings (SSSR count). The summed E-state index contributed by atoms with van der Waals surface area (Å²) >= 11 is 0. The zero-order valence-electron chi connectivity index (χ0n) is 12.7. The van der Waals surface area contributed by atoms with Crippen molar-refractivity contribution < 1.29 is 4.74 Å². The average Bonchev–Trinajstić information content (AvgIpc) is 2.47. The molecule has 1 heterocycles. The summed E-state index contributed by atoms with van der Waals surface area (Å²) in [4.78, 5) is 4.49. The third-order valence-corrected chi connectivity index (χ3v) is 3.57. The molecular weight excluding hydrogens is 248 g/mol. The van der Waals surface area contributed by atoms with Crippen LogP contribution in [0, 0.1) is 13.8 Å². The van der Waals surface area contributed by atoms with Crippen LogP contribution < -0.4 is 10.1 Å². The number of aromatic nitrogens is 1. The number of nitrogens with one attached hydrogen (secondary N) is 1. The van der Waals surface area contributed by atoms with Gasteiger partial charge in [-0.2, -0.15) is 0 Å². The lowest BCUT2D eigenvalue weighted by Gasteiger charge is -2.13. The highest BCUT2D eigenvalue weighted by Gasteiger charge is 2.09. The quantitative estimate of drug-likeness (QED) is 0.895. The van der Waals surface area contributed by atoms with Gasteiger partial charge in [-0.05, 0) is 38.0 Å². The van der Waals surface area contributed by atoms with Gasteiger partial charge in [0.05, 0.1) is 19.3 Å². The number of benzene rings is 1. The fourth-order valence-electron chi connectivity index (χ4n) is 2.29. The maximum Gasteiger partial charge on any atom is 0.128 e. The third-order valence-electron chi connectivity index (χ3n) is 3.57. The van der Waals surface area contributed by atoms with Gasteiger partial charge in [0.25, 0.3) is 0 Å². The Morgan fingerprint density at radius 1 is 1.15 bits per heavy atom. The average molecular weight is 270 g/mol. The van der Waals surface area contributed by atoms with Gasteiger partial charge in [0, 0.05) is 23.0 Å². The molecule has 0 spiro atoms. The molecule has 3 nitrogen and oxygen atoms in total. The second kappa shape index (κ2) is 6.42. The first kappa shape index (κ1) is 14.4. The van der Waals surface area contributed by atoms with E-state index in [0.717, 1.165) is 34.7 Å². The molecule has 0 amide bonds. The molecule has 1 N–H and O–H groups in total. The zero-order chi connectivity index (χ0) is 14.5. The van der Waals surface area contributed by atoms with Crippen LogP contribution >= 0.6 is 0 Å². The maximum atomic E-state index is 5.43. The van der Waals surface area contributed by atoms with Gasteiger partial charge >= 0.3 is 0 Å². The molecule has 106 valence electrons. The summed E-state index contributed by atoms with van der Waals surface area (Å²) in [6.45, 7) is 6.93. The van der Waals surface area contributed by atoms with E-state index in [9.17, 15) is 0 Å². The second-order valence-electron chi connectivity index (χ2n) is 4.95. The van der Waals surface area contributed by atoms with Crippen LogP contribution in [0.4, 0.5) is 5.69 Å². The maximum absolute atomic E-state index is 5.43. The van der Waals surface area contributed by atoms with Crippen molar-refractivity contribution in [1.82, 2.24) is 4.98 Å². The Labute approximate surface area is 121 Å². The molecule has 0 atom stereocenters. The van der Waals surface area contributed by atoms with E-state index in [1.807, 2.05) is 13.1 Å². The lowest BCUT2D eigenvalue weighted by molar-refractivity contribution is 0.407. The minimum absolute atomic E-state index is 0.702. The number of pyridine rings is 1. The smallest absolute Gasteiger partial charge is 0.128 e. The van der Waals surface area contributed by atoms with Gasteiger partial charge in [-0.3, -0.25) is 4.98 Å². The molecule has 20 heavy (non-hydrogen) atoms. The van der Waals surface area contributed by atoms with Crippen molar-refractivity contribution in [3.05, 3.63) is 52.8 Å². The Kier molecular flexibility index (Phi) is 4.61. The molecule has 2 aromatic rings. The van der Waals surface area contributed by atoms with E-state index in [1.54, 1.807) is 7.11 Å². The van der Waals surface area contributed by atoms with E-state index in [4.69, 9.17) is 4.74 Å². The molecule has 0 saturated carbocycles. The van der Waals surface area contributed by atoms with Crippen LogP contribution in [0.2, 0.25) is 0 Å². The van der Waals surface area contributed by atoms with Gasteiger partial charge in [0.1, 0.15) is 5.75 Å². The Morgan fingerprint density at radius 3 is 2.45 bits per heavy atom. The lowest BCUT2D eigenvalue weighted by atomic mass is 10.1.